The number of carbonyl (C=O) groups is 2. The smallest absolute Gasteiger partial charge is 0.308 e. The van der Waals surface area contributed by atoms with Crippen LogP contribution in [0.4, 0.5) is 11.6 Å². The average molecular weight is 587 g/mol. The van der Waals surface area contributed by atoms with Gasteiger partial charge in [0.15, 0.2) is 5.78 Å². The number of nitrogens with zero attached hydrogens (tertiary/aromatic N) is 5. The number of anilines is 2. The Labute approximate surface area is 250 Å². The number of hydrogen-bond acceptors (Lipinski definition) is 9. The standard InChI is InChI=1S/C32H38N6O3S/c1-20-16-23(7-6-21(20)10-13-27(39)28-18-34-30(42-28)32(2,3)4)26-14-15-33-31(37-26)36-24-17-35-38(19-24)25-11-8-22(9-12-25)29(40)41-5/h6-7,14-19,22,25H,8-13H2,1-5H3,(H,33,36,37). The number of benzene rings is 1. The minimum atomic E-state index is -0.116. The Morgan fingerprint density at radius 3 is 2.57 bits per heavy atom. The molecular weight excluding hydrogens is 548 g/mol. The van der Waals surface area contributed by atoms with Crippen molar-refractivity contribution in [3.8, 4) is 11.3 Å². The Balaban J connectivity index is 1.19. The van der Waals surface area contributed by atoms with Crippen molar-refractivity contribution >= 4 is 34.7 Å². The summed E-state index contributed by atoms with van der Waals surface area (Å²) in [6.07, 6.45) is 11.7. The Morgan fingerprint density at radius 1 is 1.10 bits per heavy atom. The number of aryl methyl sites for hydroxylation is 2. The number of hydrogen-bond donors (Lipinski definition) is 1. The first-order valence-corrected chi connectivity index (χ1v) is 15.2. The van der Waals surface area contributed by atoms with Crippen LogP contribution in [0.1, 0.15) is 84.7 Å². The highest BCUT2D eigenvalue weighted by Gasteiger charge is 2.28. The first-order valence-electron chi connectivity index (χ1n) is 14.4. The normalized spacial score (nSPS) is 17.2. The molecule has 4 aromatic rings. The van der Waals surface area contributed by atoms with Crippen LogP contribution in [0.3, 0.4) is 0 Å². The average Bonchev–Trinajstić information content (AvgIpc) is 3.67. The fraction of sp³-hybridized carbons (Fsp3) is 0.438. The molecule has 3 heterocycles. The summed E-state index contributed by atoms with van der Waals surface area (Å²) in [5.41, 5.74) is 4.83. The number of ketones is 1. The molecule has 10 heteroatoms. The van der Waals surface area contributed by atoms with Crippen molar-refractivity contribution in [2.75, 3.05) is 12.4 Å². The van der Waals surface area contributed by atoms with E-state index in [-0.39, 0.29) is 29.1 Å². The molecule has 0 bridgehead atoms. The van der Waals surface area contributed by atoms with Crippen molar-refractivity contribution in [3.63, 3.8) is 0 Å². The fourth-order valence-corrected chi connectivity index (χ4v) is 6.25. The van der Waals surface area contributed by atoms with Gasteiger partial charge in [0.1, 0.15) is 0 Å². The lowest BCUT2D eigenvalue weighted by atomic mass is 9.86. The molecule has 3 aromatic heterocycles. The molecule has 220 valence electrons. The molecule has 0 unspecified atom stereocenters. The van der Waals surface area contributed by atoms with E-state index in [1.807, 2.05) is 23.0 Å². The van der Waals surface area contributed by atoms with Gasteiger partial charge in [-0.1, -0.05) is 32.9 Å². The van der Waals surface area contributed by atoms with E-state index in [2.05, 4.69) is 60.2 Å². The van der Waals surface area contributed by atoms with Gasteiger partial charge in [-0.2, -0.15) is 5.10 Å². The summed E-state index contributed by atoms with van der Waals surface area (Å²) in [7, 11) is 1.45. The third-order valence-electron chi connectivity index (χ3n) is 7.80. The summed E-state index contributed by atoms with van der Waals surface area (Å²) in [5, 5.41) is 8.80. The van der Waals surface area contributed by atoms with E-state index < -0.39 is 0 Å². The van der Waals surface area contributed by atoms with Crippen molar-refractivity contribution in [1.82, 2.24) is 24.7 Å². The van der Waals surface area contributed by atoms with Crippen molar-refractivity contribution in [1.29, 1.82) is 0 Å². The van der Waals surface area contributed by atoms with E-state index in [1.165, 1.54) is 18.4 Å². The summed E-state index contributed by atoms with van der Waals surface area (Å²) >= 11 is 1.50. The van der Waals surface area contributed by atoms with Crippen molar-refractivity contribution in [2.24, 2.45) is 5.92 Å². The van der Waals surface area contributed by atoms with Crippen LogP contribution in [-0.4, -0.2) is 43.6 Å². The minimum Gasteiger partial charge on any atom is -0.469 e. The van der Waals surface area contributed by atoms with Crippen molar-refractivity contribution < 1.29 is 14.3 Å². The maximum atomic E-state index is 12.8. The van der Waals surface area contributed by atoms with Gasteiger partial charge in [0.2, 0.25) is 5.95 Å². The van der Waals surface area contributed by atoms with Crippen LogP contribution in [0.15, 0.2) is 49.1 Å². The van der Waals surface area contributed by atoms with Crippen molar-refractivity contribution in [2.45, 2.75) is 77.7 Å². The number of ether oxygens (including phenoxy) is 1. The molecule has 1 aromatic carbocycles. The quantitative estimate of drug-likeness (QED) is 0.167. The van der Waals surface area contributed by atoms with Crippen LogP contribution in [-0.2, 0) is 21.4 Å². The Kier molecular flexibility index (Phi) is 8.82. The highest BCUT2D eigenvalue weighted by atomic mass is 32.1. The maximum Gasteiger partial charge on any atom is 0.308 e. The van der Waals surface area contributed by atoms with Gasteiger partial charge in [-0.15, -0.1) is 11.3 Å². The monoisotopic (exact) mass is 586 g/mol. The van der Waals surface area contributed by atoms with Gasteiger partial charge in [0, 0.05) is 36.0 Å². The molecule has 1 fully saturated rings. The van der Waals surface area contributed by atoms with Crippen LogP contribution in [0.5, 0.6) is 0 Å². The molecule has 1 aliphatic rings. The van der Waals surface area contributed by atoms with Crippen LogP contribution >= 0.6 is 11.3 Å². The molecule has 0 radical (unpaired) electrons. The number of aromatic nitrogens is 5. The van der Waals surface area contributed by atoms with Gasteiger partial charge in [0.25, 0.3) is 0 Å². The summed E-state index contributed by atoms with van der Waals surface area (Å²) in [5.74, 6) is 0.500. The fourth-order valence-electron chi connectivity index (χ4n) is 5.31. The van der Waals surface area contributed by atoms with Gasteiger partial charge < -0.3 is 10.1 Å². The largest absolute Gasteiger partial charge is 0.469 e. The number of methoxy groups -OCH3 is 1. The molecule has 0 aliphatic heterocycles. The SMILES string of the molecule is COC(=O)C1CCC(n2cc(Nc3nccc(-c4ccc(CCC(=O)c5cnc(C(C)(C)C)s5)c(C)c4)n3)cn2)CC1. The second kappa shape index (κ2) is 12.5. The summed E-state index contributed by atoms with van der Waals surface area (Å²) in [6, 6.07) is 8.39. The van der Waals surface area contributed by atoms with Crippen LogP contribution in [0.25, 0.3) is 11.3 Å². The second-order valence-corrected chi connectivity index (χ2v) is 13.0. The zero-order valence-electron chi connectivity index (χ0n) is 24.9. The Hall–Kier alpha value is -3.92. The van der Waals surface area contributed by atoms with E-state index in [0.29, 0.717) is 18.8 Å². The highest BCUT2D eigenvalue weighted by Crippen LogP contribution is 2.33. The van der Waals surface area contributed by atoms with Crippen LogP contribution in [0.2, 0.25) is 0 Å². The first kappa shape index (κ1) is 29.6. The highest BCUT2D eigenvalue weighted by molar-refractivity contribution is 7.13. The number of nitrogens with one attached hydrogen (secondary N) is 1. The maximum absolute atomic E-state index is 12.8. The zero-order chi connectivity index (χ0) is 29.9. The van der Waals surface area contributed by atoms with Gasteiger partial charge in [-0.05, 0) is 62.3 Å². The lowest BCUT2D eigenvalue weighted by Gasteiger charge is -2.26. The predicted molar refractivity (Wildman–Crippen MR) is 164 cm³/mol. The van der Waals surface area contributed by atoms with E-state index in [4.69, 9.17) is 9.72 Å². The molecule has 42 heavy (non-hydrogen) atoms. The van der Waals surface area contributed by atoms with Gasteiger partial charge in [0.05, 0.1) is 46.5 Å². The van der Waals surface area contributed by atoms with E-state index in [1.54, 1.807) is 18.6 Å². The molecular formula is C32H38N6O3S. The molecule has 0 saturated heterocycles. The number of esters is 1. The molecule has 5 rings (SSSR count). The lowest BCUT2D eigenvalue weighted by Crippen LogP contribution is -2.24. The van der Waals surface area contributed by atoms with E-state index >= 15 is 0 Å². The van der Waals surface area contributed by atoms with E-state index in [9.17, 15) is 9.59 Å². The Bertz CT molecular complexity index is 1560. The second-order valence-electron chi connectivity index (χ2n) is 12.0. The minimum absolute atomic E-state index is 0.0126. The molecule has 9 nitrogen and oxygen atoms in total. The number of carbonyl (C=O) groups excluding carboxylic acids is 2. The lowest BCUT2D eigenvalue weighted by molar-refractivity contribution is -0.146. The third kappa shape index (κ3) is 6.92. The first-order chi connectivity index (χ1) is 20.1. The van der Waals surface area contributed by atoms with E-state index in [0.717, 1.165) is 63.6 Å². The van der Waals surface area contributed by atoms with Gasteiger partial charge in [-0.3, -0.25) is 14.3 Å². The molecule has 0 atom stereocenters. The predicted octanol–water partition coefficient (Wildman–Crippen LogP) is 6.87. The topological polar surface area (TPSA) is 112 Å². The summed E-state index contributed by atoms with van der Waals surface area (Å²) in [6.45, 7) is 8.40. The van der Waals surface area contributed by atoms with Crippen LogP contribution in [0, 0.1) is 12.8 Å². The number of Topliss-reactive ketones (excluding diaryl/α,β-unsaturated/α-hetero) is 1. The van der Waals surface area contributed by atoms with Crippen LogP contribution < -0.4 is 5.32 Å². The third-order valence-corrected chi connectivity index (χ3v) is 9.26. The number of thiazole rings is 1. The number of rotatable bonds is 9. The van der Waals surface area contributed by atoms with Crippen molar-refractivity contribution in [3.05, 3.63) is 70.1 Å². The molecule has 0 spiro atoms. The van der Waals surface area contributed by atoms with Gasteiger partial charge >= 0.3 is 5.97 Å². The molecule has 1 saturated carbocycles. The molecule has 1 N–H and O–H groups in total. The summed E-state index contributed by atoms with van der Waals surface area (Å²) in [4.78, 5) is 39.0. The zero-order valence-corrected chi connectivity index (χ0v) is 25.7. The van der Waals surface area contributed by atoms with Gasteiger partial charge in [-0.25, -0.2) is 15.0 Å². The molecule has 1 aliphatic carbocycles. The summed E-state index contributed by atoms with van der Waals surface area (Å²) < 4.78 is 6.86. The molecule has 0 amide bonds. The Morgan fingerprint density at radius 2 is 1.88 bits per heavy atom.